The largest absolute Gasteiger partial charge is 0.450 e. The van der Waals surface area contributed by atoms with Gasteiger partial charge in [0.15, 0.2) is 15.3 Å². The number of hydrogen-bond acceptors (Lipinski definition) is 8. The van der Waals surface area contributed by atoms with Crippen LogP contribution in [0, 0.1) is 11.6 Å². The Morgan fingerprint density at radius 1 is 0.915 bits per heavy atom. The lowest BCUT2D eigenvalue weighted by Gasteiger charge is -2.32. The van der Waals surface area contributed by atoms with Crippen LogP contribution < -0.4 is 15.2 Å². The van der Waals surface area contributed by atoms with Crippen LogP contribution in [0.4, 0.5) is 19.6 Å². The van der Waals surface area contributed by atoms with E-state index in [9.17, 15) is 18.4 Å². The molecule has 8 nitrogen and oxygen atoms in total. The lowest BCUT2D eigenvalue weighted by molar-refractivity contribution is -0.121. The number of amides is 2. The monoisotopic (exact) mass is 684 g/mol. The Labute approximate surface area is 278 Å². The molecule has 0 saturated heterocycles. The second-order valence-electron chi connectivity index (χ2n) is 10.9. The first-order valence-corrected chi connectivity index (χ1v) is 16.4. The van der Waals surface area contributed by atoms with Gasteiger partial charge in [0, 0.05) is 16.3 Å². The molecule has 8 rings (SSSR count). The van der Waals surface area contributed by atoms with Gasteiger partial charge in [-0.25, -0.2) is 8.78 Å². The molecular weight excluding hydrogens is 666 g/mol. The van der Waals surface area contributed by atoms with Crippen LogP contribution in [-0.4, -0.2) is 22.0 Å². The van der Waals surface area contributed by atoms with E-state index in [-0.39, 0.29) is 45.5 Å². The summed E-state index contributed by atoms with van der Waals surface area (Å²) in [5, 5.41) is 8.98. The zero-order chi connectivity index (χ0) is 32.4. The number of benzene rings is 4. The molecule has 0 aliphatic carbocycles. The summed E-state index contributed by atoms with van der Waals surface area (Å²) in [5.41, 5.74) is -0.957. The smallest absolute Gasteiger partial charge is 0.297 e. The van der Waals surface area contributed by atoms with Gasteiger partial charge in [-0.05, 0) is 53.6 Å². The fourth-order valence-electron chi connectivity index (χ4n) is 6.17. The predicted molar refractivity (Wildman–Crippen MR) is 175 cm³/mol. The molecule has 232 valence electrons. The lowest BCUT2D eigenvalue weighted by Crippen LogP contribution is -2.53. The molecule has 4 heterocycles. The number of nitrogens with zero attached hydrogens (tertiary/aromatic N) is 4. The van der Waals surface area contributed by atoms with Crippen LogP contribution in [0.5, 0.6) is 0 Å². The quantitative estimate of drug-likeness (QED) is 0.134. The normalized spacial score (nSPS) is 16.8. The molecule has 13 heteroatoms. The van der Waals surface area contributed by atoms with Gasteiger partial charge in [-0.15, -0.1) is 10.2 Å². The third-order valence-electron chi connectivity index (χ3n) is 8.24. The van der Waals surface area contributed by atoms with Crippen molar-refractivity contribution in [2.75, 3.05) is 9.80 Å². The van der Waals surface area contributed by atoms with Crippen molar-refractivity contribution in [1.29, 1.82) is 0 Å². The molecule has 0 radical (unpaired) electrons. The molecule has 47 heavy (non-hydrogen) atoms. The molecule has 0 bridgehead atoms. The zero-order valence-corrected chi connectivity index (χ0v) is 26.3. The van der Waals surface area contributed by atoms with Crippen LogP contribution in [0.15, 0.2) is 105 Å². The average Bonchev–Trinajstić information content (AvgIpc) is 3.71. The Bertz CT molecular complexity index is 2330. The molecule has 0 N–H and O–H groups in total. The van der Waals surface area contributed by atoms with Crippen LogP contribution in [0.1, 0.15) is 32.8 Å². The molecule has 6 aromatic rings. The van der Waals surface area contributed by atoms with E-state index >= 15 is 4.79 Å². The zero-order valence-electron chi connectivity index (χ0n) is 23.9. The van der Waals surface area contributed by atoms with E-state index in [0.29, 0.717) is 26.2 Å². The van der Waals surface area contributed by atoms with Crippen LogP contribution >= 0.6 is 34.7 Å². The van der Waals surface area contributed by atoms with Gasteiger partial charge in [-0.2, -0.15) is 0 Å². The van der Waals surface area contributed by atoms with Crippen molar-refractivity contribution in [2.24, 2.45) is 0 Å². The van der Waals surface area contributed by atoms with E-state index in [0.717, 1.165) is 33.9 Å². The minimum absolute atomic E-state index is 0.00403. The average molecular weight is 685 g/mol. The fourth-order valence-corrected chi connectivity index (χ4v) is 8.18. The number of para-hydroxylation sites is 1. The molecule has 2 aromatic heterocycles. The van der Waals surface area contributed by atoms with Crippen molar-refractivity contribution in [3.8, 4) is 0 Å². The summed E-state index contributed by atoms with van der Waals surface area (Å²) in [7, 11) is 0. The Morgan fingerprint density at radius 2 is 1.68 bits per heavy atom. The van der Waals surface area contributed by atoms with E-state index in [1.54, 1.807) is 66.7 Å². The number of thioether (sulfide) groups is 1. The number of aromatic nitrogens is 2. The van der Waals surface area contributed by atoms with Crippen LogP contribution in [0.3, 0.4) is 0 Å². The molecule has 0 fully saturated rings. The van der Waals surface area contributed by atoms with Gasteiger partial charge in [0.1, 0.15) is 17.2 Å². The van der Waals surface area contributed by atoms with Crippen LogP contribution in [0.25, 0.3) is 11.0 Å². The van der Waals surface area contributed by atoms with Gasteiger partial charge >= 0.3 is 0 Å². The highest BCUT2D eigenvalue weighted by Gasteiger charge is 2.66. The molecule has 1 spiro atoms. The fraction of sp³-hybridized carbons (Fsp3) is 0.0882. The number of fused-ring (bicyclic) bond motifs is 5. The number of rotatable bonds is 6. The first kappa shape index (κ1) is 29.5. The minimum atomic E-state index is -2.04. The lowest BCUT2D eigenvalue weighted by atomic mass is 9.84. The van der Waals surface area contributed by atoms with Crippen molar-refractivity contribution in [1.82, 2.24) is 10.2 Å². The van der Waals surface area contributed by atoms with Crippen molar-refractivity contribution in [3.63, 3.8) is 0 Å². The maximum absolute atomic E-state index is 15.0. The van der Waals surface area contributed by atoms with Gasteiger partial charge in [0.2, 0.25) is 10.9 Å². The standard InChI is InChI=1S/C34H19ClF2N4O4S2/c35-20-11-9-18(10-12-20)16-40-25-8-4-2-6-23(25)34(31(40)44)27-28(42)22-15-21(36)13-14-26(22)45-29(27)30(43)41(34)32-38-39-33(47-32)46-17-19-5-1-3-7-24(19)37/h1-15H,16-17H2. The number of anilines is 2. The van der Waals surface area contributed by atoms with E-state index in [1.807, 2.05) is 0 Å². The highest BCUT2D eigenvalue weighted by atomic mass is 35.5. The van der Waals surface area contributed by atoms with Crippen molar-refractivity contribution < 1.29 is 22.8 Å². The number of halogens is 3. The predicted octanol–water partition coefficient (Wildman–Crippen LogP) is 7.32. The third-order valence-corrected chi connectivity index (χ3v) is 10.6. The number of carbonyl (C=O) groups is 2. The first-order chi connectivity index (χ1) is 22.8. The first-order valence-electron chi connectivity index (χ1n) is 14.2. The summed E-state index contributed by atoms with van der Waals surface area (Å²) in [6.07, 6.45) is 0. The van der Waals surface area contributed by atoms with Crippen molar-refractivity contribution in [2.45, 2.75) is 22.2 Å². The van der Waals surface area contributed by atoms with Gasteiger partial charge in [0.05, 0.1) is 23.2 Å². The minimum Gasteiger partial charge on any atom is -0.450 e. The number of carbonyl (C=O) groups excluding carboxylic acids is 2. The van der Waals surface area contributed by atoms with Gasteiger partial charge in [-0.1, -0.05) is 83.2 Å². The Hall–Kier alpha value is -4.91. The van der Waals surface area contributed by atoms with E-state index in [2.05, 4.69) is 10.2 Å². The van der Waals surface area contributed by atoms with Gasteiger partial charge < -0.3 is 9.32 Å². The summed E-state index contributed by atoms with van der Waals surface area (Å²) in [6.45, 7) is 0.0968. The van der Waals surface area contributed by atoms with Crippen molar-refractivity contribution >= 4 is 68.3 Å². The Balaban J connectivity index is 1.32. The maximum Gasteiger partial charge on any atom is 0.297 e. The second kappa shape index (κ2) is 11.1. The second-order valence-corrected chi connectivity index (χ2v) is 13.5. The summed E-state index contributed by atoms with van der Waals surface area (Å²) >= 11 is 8.35. The highest BCUT2D eigenvalue weighted by molar-refractivity contribution is 8.00. The van der Waals surface area contributed by atoms with Crippen molar-refractivity contribution in [3.05, 3.63) is 146 Å². The van der Waals surface area contributed by atoms with Gasteiger partial charge in [0.25, 0.3) is 11.8 Å². The molecule has 1 atom stereocenters. The molecule has 2 amide bonds. The van der Waals surface area contributed by atoms with E-state index < -0.39 is 28.6 Å². The Kier molecular flexibility index (Phi) is 6.97. The summed E-state index contributed by atoms with van der Waals surface area (Å²) in [5.74, 6) is -2.52. The van der Waals surface area contributed by atoms with Gasteiger partial charge in [-0.3, -0.25) is 19.3 Å². The van der Waals surface area contributed by atoms with Crippen LogP contribution in [0.2, 0.25) is 5.02 Å². The summed E-state index contributed by atoms with van der Waals surface area (Å²) in [6, 6.07) is 23.6. The molecular formula is C34H19ClF2N4O4S2. The molecule has 0 saturated carbocycles. The molecule has 1 unspecified atom stereocenters. The third kappa shape index (κ3) is 4.50. The van der Waals surface area contributed by atoms with Crippen LogP contribution in [-0.2, 0) is 22.6 Å². The molecule has 4 aromatic carbocycles. The molecule has 2 aliphatic heterocycles. The van der Waals surface area contributed by atoms with E-state index in [4.69, 9.17) is 16.0 Å². The summed E-state index contributed by atoms with van der Waals surface area (Å²) in [4.78, 5) is 46.5. The topological polar surface area (TPSA) is 96.6 Å². The SMILES string of the molecule is O=C1c2oc3ccc(F)cc3c(=O)c2C2(C(=O)N(Cc3ccc(Cl)cc3)c3ccccc32)N1c1nnc(SCc2ccccc2F)s1. The maximum atomic E-state index is 15.0. The van der Waals surface area contributed by atoms with E-state index in [1.165, 1.54) is 28.8 Å². The highest BCUT2D eigenvalue weighted by Crippen LogP contribution is 2.55. The summed E-state index contributed by atoms with van der Waals surface area (Å²) < 4.78 is 35.2. The Morgan fingerprint density at radius 3 is 2.49 bits per heavy atom. The number of hydrogen-bond donors (Lipinski definition) is 0. The molecule has 2 aliphatic rings.